The highest BCUT2D eigenvalue weighted by Crippen LogP contribution is 2.33. The number of hydrogen-bond donors (Lipinski definition) is 0. The molecule has 0 aliphatic carbocycles. The van der Waals surface area contributed by atoms with Gasteiger partial charge in [-0.3, -0.25) is 4.79 Å². The lowest BCUT2D eigenvalue weighted by molar-refractivity contribution is -0.151. The fourth-order valence-electron chi connectivity index (χ4n) is 1.94. The average Bonchev–Trinajstić information content (AvgIpc) is 2.45. The molecule has 6 nitrogen and oxygen atoms in total. The second-order valence-electron chi connectivity index (χ2n) is 3.94. The van der Waals surface area contributed by atoms with Crippen LogP contribution in [0.3, 0.4) is 0 Å². The number of fused-ring (bicyclic) bond motifs is 1. The molecule has 1 aromatic carbocycles. The van der Waals surface area contributed by atoms with Crippen molar-refractivity contribution in [2.45, 2.75) is 12.7 Å². The van der Waals surface area contributed by atoms with E-state index in [0.717, 1.165) is 0 Å². The van der Waals surface area contributed by atoms with Crippen molar-refractivity contribution >= 4 is 11.8 Å². The number of rotatable bonds is 3. The summed E-state index contributed by atoms with van der Waals surface area (Å²) in [7, 11) is 4.20. The first kappa shape index (κ1) is 13.4. The molecule has 1 aliphatic heterocycles. The Kier molecular flexibility index (Phi) is 3.71. The zero-order valence-electron chi connectivity index (χ0n) is 10.9. The Labute approximate surface area is 110 Å². The van der Waals surface area contributed by atoms with E-state index in [1.165, 1.54) is 21.3 Å². The van der Waals surface area contributed by atoms with Crippen molar-refractivity contribution < 1.29 is 28.5 Å². The lowest BCUT2D eigenvalue weighted by atomic mass is 9.97. The van der Waals surface area contributed by atoms with Crippen LogP contribution in [0.2, 0.25) is 0 Å². The van der Waals surface area contributed by atoms with Crippen molar-refractivity contribution in [3.63, 3.8) is 0 Å². The third-order valence-corrected chi connectivity index (χ3v) is 2.93. The van der Waals surface area contributed by atoms with Gasteiger partial charge in [-0.25, -0.2) is 4.79 Å². The largest absolute Gasteiger partial charge is 0.493 e. The van der Waals surface area contributed by atoms with E-state index in [9.17, 15) is 9.59 Å². The maximum Gasteiger partial charge on any atom is 0.343 e. The topological polar surface area (TPSA) is 71.1 Å². The van der Waals surface area contributed by atoms with Crippen molar-refractivity contribution in [3.8, 4) is 11.5 Å². The first-order chi connectivity index (χ1) is 9.12. The number of ether oxygens (including phenoxy) is 4. The van der Waals surface area contributed by atoms with Gasteiger partial charge >= 0.3 is 5.97 Å². The second kappa shape index (κ2) is 5.27. The van der Waals surface area contributed by atoms with Gasteiger partial charge in [-0.15, -0.1) is 0 Å². The van der Waals surface area contributed by atoms with Crippen LogP contribution >= 0.6 is 0 Å². The van der Waals surface area contributed by atoms with Crippen molar-refractivity contribution in [1.29, 1.82) is 0 Å². The molecule has 0 aromatic heterocycles. The number of carbonyl (C=O) groups excluding carboxylic acids is 2. The molecule has 0 saturated carbocycles. The fourth-order valence-corrected chi connectivity index (χ4v) is 1.94. The van der Waals surface area contributed by atoms with Gasteiger partial charge in [0.2, 0.25) is 11.9 Å². The summed E-state index contributed by atoms with van der Waals surface area (Å²) in [4.78, 5) is 23.6. The van der Waals surface area contributed by atoms with Crippen molar-refractivity contribution in [1.82, 2.24) is 0 Å². The lowest BCUT2D eigenvalue weighted by Gasteiger charge is -2.23. The number of ketones is 1. The summed E-state index contributed by atoms with van der Waals surface area (Å²) in [5.41, 5.74) is 1.04. The van der Waals surface area contributed by atoms with Gasteiger partial charge < -0.3 is 18.9 Å². The quantitative estimate of drug-likeness (QED) is 0.599. The number of carbonyl (C=O) groups is 2. The van der Waals surface area contributed by atoms with Gasteiger partial charge in [0, 0.05) is 5.56 Å². The second-order valence-corrected chi connectivity index (χ2v) is 3.94. The molecule has 0 radical (unpaired) electrons. The van der Waals surface area contributed by atoms with Crippen molar-refractivity contribution in [2.24, 2.45) is 0 Å². The SMILES string of the molecule is COC(=O)C1OCc2cc(OC)c(OC)cc2C1=O. The molecule has 1 heterocycles. The molecule has 0 N–H and O–H groups in total. The molecule has 6 heteroatoms. The maximum absolute atomic E-state index is 12.2. The van der Waals surface area contributed by atoms with Crippen LogP contribution in [-0.2, 0) is 20.9 Å². The first-order valence-corrected chi connectivity index (χ1v) is 5.61. The van der Waals surface area contributed by atoms with Gasteiger partial charge in [0.1, 0.15) is 0 Å². The Morgan fingerprint density at radius 2 is 1.84 bits per heavy atom. The molecule has 0 amide bonds. The molecular formula is C13H14O6. The molecule has 0 bridgehead atoms. The molecule has 1 unspecified atom stereocenters. The third-order valence-electron chi connectivity index (χ3n) is 2.93. The molecule has 1 aliphatic rings. The lowest BCUT2D eigenvalue weighted by Crippen LogP contribution is -2.37. The smallest absolute Gasteiger partial charge is 0.343 e. The van der Waals surface area contributed by atoms with Gasteiger partial charge in [0.25, 0.3) is 0 Å². The van der Waals surface area contributed by atoms with Gasteiger partial charge in [-0.05, 0) is 17.7 Å². The maximum atomic E-state index is 12.2. The summed E-state index contributed by atoms with van der Waals surface area (Å²) in [5, 5.41) is 0. The Balaban J connectivity index is 2.43. The zero-order valence-corrected chi connectivity index (χ0v) is 10.9. The molecule has 19 heavy (non-hydrogen) atoms. The number of methoxy groups -OCH3 is 3. The minimum absolute atomic E-state index is 0.140. The molecule has 102 valence electrons. The summed E-state index contributed by atoms with van der Waals surface area (Å²) >= 11 is 0. The predicted molar refractivity (Wildman–Crippen MR) is 64.5 cm³/mol. The predicted octanol–water partition coefficient (Wildman–Crippen LogP) is 0.958. The van der Waals surface area contributed by atoms with Gasteiger partial charge in [-0.1, -0.05) is 0 Å². The third kappa shape index (κ3) is 2.26. The molecule has 2 rings (SSSR count). The van der Waals surface area contributed by atoms with Gasteiger partial charge in [0.15, 0.2) is 11.5 Å². The molecule has 0 saturated heterocycles. The molecule has 0 spiro atoms. The Morgan fingerprint density at radius 1 is 1.21 bits per heavy atom. The Morgan fingerprint density at radius 3 is 2.42 bits per heavy atom. The van der Waals surface area contributed by atoms with Crippen LogP contribution in [0.25, 0.3) is 0 Å². The number of hydrogen-bond acceptors (Lipinski definition) is 6. The fraction of sp³-hybridized carbons (Fsp3) is 0.385. The Bertz CT molecular complexity index is 522. The first-order valence-electron chi connectivity index (χ1n) is 5.61. The Hall–Kier alpha value is -2.08. The van der Waals surface area contributed by atoms with Crippen LogP contribution in [0.5, 0.6) is 11.5 Å². The summed E-state index contributed by atoms with van der Waals surface area (Å²) in [6.07, 6.45) is -1.21. The van der Waals surface area contributed by atoms with E-state index in [-0.39, 0.29) is 6.61 Å². The van der Waals surface area contributed by atoms with Crippen LogP contribution < -0.4 is 9.47 Å². The van der Waals surface area contributed by atoms with E-state index >= 15 is 0 Å². The zero-order chi connectivity index (χ0) is 14.0. The van der Waals surface area contributed by atoms with Gasteiger partial charge in [-0.2, -0.15) is 0 Å². The van der Waals surface area contributed by atoms with Crippen LogP contribution in [0.4, 0.5) is 0 Å². The van der Waals surface area contributed by atoms with E-state index in [4.69, 9.17) is 14.2 Å². The average molecular weight is 266 g/mol. The summed E-state index contributed by atoms with van der Waals surface area (Å²) in [5.74, 6) is -0.200. The van der Waals surface area contributed by atoms with Crippen LogP contribution in [-0.4, -0.2) is 39.2 Å². The van der Waals surface area contributed by atoms with E-state index in [1.54, 1.807) is 12.1 Å². The van der Waals surface area contributed by atoms with E-state index < -0.39 is 17.9 Å². The van der Waals surface area contributed by atoms with Crippen molar-refractivity contribution in [3.05, 3.63) is 23.3 Å². The van der Waals surface area contributed by atoms with Gasteiger partial charge in [0.05, 0.1) is 27.9 Å². The number of esters is 1. The highest BCUT2D eigenvalue weighted by atomic mass is 16.6. The van der Waals surface area contributed by atoms with E-state index in [1.807, 2.05) is 0 Å². The molecule has 0 fully saturated rings. The summed E-state index contributed by atoms with van der Waals surface area (Å²) in [6.45, 7) is 0.140. The van der Waals surface area contributed by atoms with E-state index in [0.29, 0.717) is 22.6 Å². The monoisotopic (exact) mass is 266 g/mol. The van der Waals surface area contributed by atoms with Crippen molar-refractivity contribution in [2.75, 3.05) is 21.3 Å². The van der Waals surface area contributed by atoms with Crippen LogP contribution in [0.15, 0.2) is 12.1 Å². The molecular weight excluding hydrogens is 252 g/mol. The van der Waals surface area contributed by atoms with Crippen LogP contribution in [0, 0.1) is 0 Å². The van der Waals surface area contributed by atoms with Crippen LogP contribution in [0.1, 0.15) is 15.9 Å². The number of benzene rings is 1. The standard InChI is InChI=1S/C13H14O6/c1-16-9-4-7-6-19-12(13(15)18-3)11(14)8(7)5-10(9)17-2/h4-5,12H,6H2,1-3H3. The highest BCUT2D eigenvalue weighted by Gasteiger charge is 2.35. The highest BCUT2D eigenvalue weighted by molar-refractivity contribution is 6.12. The molecule has 1 atom stereocenters. The summed E-state index contributed by atoms with van der Waals surface area (Å²) in [6, 6.07) is 3.22. The van der Waals surface area contributed by atoms with E-state index in [2.05, 4.69) is 4.74 Å². The summed E-state index contributed by atoms with van der Waals surface area (Å²) < 4.78 is 20.0. The normalized spacial score (nSPS) is 17.6. The minimum Gasteiger partial charge on any atom is -0.493 e. The molecule has 1 aromatic rings. The number of Topliss-reactive ketones (excluding diaryl/α,β-unsaturated/α-hetero) is 1. The minimum atomic E-state index is -1.21.